The first-order valence-electron chi connectivity index (χ1n) is 5.95. The van der Waals surface area contributed by atoms with Crippen molar-refractivity contribution in [3.8, 4) is 0 Å². The van der Waals surface area contributed by atoms with Crippen molar-refractivity contribution in [3.05, 3.63) is 23.9 Å². The molecule has 0 saturated heterocycles. The standard InChI is InChI=1S/C13H21N3O2/c1-9(17)15-12-7-5-6-10(16-12)11(18)8-14-13(2,3)4/h5-7,11,14,18H,8H2,1-4H3,(H,15,16,17). The average Bonchev–Trinajstić information content (AvgIpc) is 2.24. The molecule has 0 fully saturated rings. The number of hydrogen-bond donors (Lipinski definition) is 3. The van der Waals surface area contributed by atoms with Gasteiger partial charge in [0.15, 0.2) is 0 Å². The van der Waals surface area contributed by atoms with Gasteiger partial charge >= 0.3 is 0 Å². The van der Waals surface area contributed by atoms with Crippen LogP contribution in [0, 0.1) is 0 Å². The molecule has 0 bridgehead atoms. The molecule has 100 valence electrons. The van der Waals surface area contributed by atoms with Crippen molar-refractivity contribution in [1.29, 1.82) is 0 Å². The van der Waals surface area contributed by atoms with E-state index >= 15 is 0 Å². The molecule has 0 spiro atoms. The van der Waals surface area contributed by atoms with Gasteiger partial charge in [-0.15, -0.1) is 0 Å². The molecule has 1 aromatic rings. The molecule has 0 aliphatic rings. The highest BCUT2D eigenvalue weighted by Gasteiger charge is 2.14. The predicted octanol–water partition coefficient (Wildman–Crippen LogP) is 1.46. The Hall–Kier alpha value is -1.46. The van der Waals surface area contributed by atoms with Gasteiger partial charge in [-0.05, 0) is 32.9 Å². The third-order valence-electron chi connectivity index (χ3n) is 2.24. The molecule has 3 N–H and O–H groups in total. The third kappa shape index (κ3) is 5.25. The van der Waals surface area contributed by atoms with Crippen molar-refractivity contribution in [2.75, 3.05) is 11.9 Å². The molecule has 1 aromatic heterocycles. The first-order chi connectivity index (χ1) is 8.28. The van der Waals surface area contributed by atoms with Crippen LogP contribution in [-0.2, 0) is 4.79 Å². The SMILES string of the molecule is CC(=O)Nc1cccc(C(O)CNC(C)(C)C)n1. The quantitative estimate of drug-likeness (QED) is 0.757. The fraction of sp³-hybridized carbons (Fsp3) is 0.538. The summed E-state index contributed by atoms with van der Waals surface area (Å²) in [5.74, 6) is 0.275. The molecule has 1 amide bonds. The Morgan fingerprint density at radius 3 is 2.67 bits per heavy atom. The molecular formula is C13H21N3O2. The maximum atomic E-state index is 10.9. The minimum atomic E-state index is -0.696. The Morgan fingerprint density at radius 2 is 2.11 bits per heavy atom. The number of aliphatic hydroxyl groups is 1. The fourth-order valence-corrected chi connectivity index (χ4v) is 1.39. The van der Waals surface area contributed by atoms with Crippen molar-refractivity contribution in [2.45, 2.75) is 39.3 Å². The van der Waals surface area contributed by atoms with Crippen molar-refractivity contribution >= 4 is 11.7 Å². The zero-order valence-corrected chi connectivity index (χ0v) is 11.3. The fourth-order valence-electron chi connectivity index (χ4n) is 1.39. The lowest BCUT2D eigenvalue weighted by Crippen LogP contribution is -2.38. The molecule has 5 nitrogen and oxygen atoms in total. The Bertz CT molecular complexity index is 413. The molecule has 0 aromatic carbocycles. The summed E-state index contributed by atoms with van der Waals surface area (Å²) in [4.78, 5) is 15.1. The number of aromatic nitrogens is 1. The number of pyridine rings is 1. The van der Waals surface area contributed by atoms with Crippen LogP contribution >= 0.6 is 0 Å². The molecule has 1 unspecified atom stereocenters. The number of rotatable bonds is 4. The van der Waals surface area contributed by atoms with Gasteiger partial charge in [-0.1, -0.05) is 6.07 Å². The van der Waals surface area contributed by atoms with Crippen LogP contribution in [0.3, 0.4) is 0 Å². The van der Waals surface area contributed by atoms with Gasteiger partial charge in [-0.3, -0.25) is 4.79 Å². The first kappa shape index (κ1) is 14.6. The van der Waals surface area contributed by atoms with E-state index in [-0.39, 0.29) is 11.4 Å². The minimum Gasteiger partial charge on any atom is -0.385 e. The van der Waals surface area contributed by atoms with E-state index < -0.39 is 6.10 Å². The summed E-state index contributed by atoms with van der Waals surface area (Å²) in [5, 5.41) is 15.8. The van der Waals surface area contributed by atoms with Crippen LogP contribution < -0.4 is 10.6 Å². The van der Waals surface area contributed by atoms with Crippen LogP contribution in [0.2, 0.25) is 0 Å². The number of nitrogens with zero attached hydrogens (tertiary/aromatic N) is 1. The van der Waals surface area contributed by atoms with Gasteiger partial charge in [0.1, 0.15) is 11.9 Å². The average molecular weight is 251 g/mol. The van der Waals surface area contributed by atoms with E-state index in [1.54, 1.807) is 18.2 Å². The lowest BCUT2D eigenvalue weighted by atomic mass is 10.1. The normalized spacial score (nSPS) is 13.2. The Kier molecular flexibility index (Phi) is 4.81. The van der Waals surface area contributed by atoms with Gasteiger partial charge in [-0.2, -0.15) is 0 Å². The molecule has 0 radical (unpaired) electrons. The summed E-state index contributed by atoms with van der Waals surface area (Å²) in [5.41, 5.74) is 0.481. The molecule has 0 aliphatic carbocycles. The van der Waals surface area contributed by atoms with E-state index in [9.17, 15) is 9.90 Å². The zero-order valence-electron chi connectivity index (χ0n) is 11.3. The van der Waals surface area contributed by atoms with Crippen molar-refractivity contribution in [1.82, 2.24) is 10.3 Å². The van der Waals surface area contributed by atoms with E-state index in [0.29, 0.717) is 18.1 Å². The Balaban J connectivity index is 2.68. The van der Waals surface area contributed by atoms with Gasteiger partial charge in [0.25, 0.3) is 0 Å². The number of carbonyl (C=O) groups excluding carboxylic acids is 1. The summed E-state index contributed by atoms with van der Waals surface area (Å²) in [6, 6.07) is 5.18. The number of carbonyl (C=O) groups is 1. The van der Waals surface area contributed by atoms with E-state index in [4.69, 9.17) is 0 Å². The number of hydrogen-bond acceptors (Lipinski definition) is 4. The largest absolute Gasteiger partial charge is 0.385 e. The smallest absolute Gasteiger partial charge is 0.222 e. The molecule has 1 heterocycles. The van der Waals surface area contributed by atoms with Gasteiger partial charge in [-0.25, -0.2) is 4.98 Å². The molecule has 1 atom stereocenters. The van der Waals surface area contributed by atoms with Crippen LogP contribution in [-0.4, -0.2) is 28.1 Å². The van der Waals surface area contributed by atoms with Gasteiger partial charge < -0.3 is 15.7 Å². The zero-order chi connectivity index (χ0) is 13.8. The summed E-state index contributed by atoms with van der Waals surface area (Å²) >= 11 is 0. The summed E-state index contributed by atoms with van der Waals surface area (Å²) < 4.78 is 0. The van der Waals surface area contributed by atoms with Gasteiger partial charge in [0.05, 0.1) is 5.69 Å². The minimum absolute atomic E-state index is 0.0593. The van der Waals surface area contributed by atoms with Crippen LogP contribution in [0.4, 0.5) is 5.82 Å². The number of amides is 1. The second kappa shape index (κ2) is 5.93. The summed E-state index contributed by atoms with van der Waals surface area (Å²) in [6.07, 6.45) is -0.696. The predicted molar refractivity (Wildman–Crippen MR) is 71.3 cm³/mol. The molecular weight excluding hydrogens is 230 g/mol. The first-order valence-corrected chi connectivity index (χ1v) is 5.95. The third-order valence-corrected chi connectivity index (χ3v) is 2.24. The Labute approximate surface area is 108 Å². The molecule has 1 rings (SSSR count). The lowest BCUT2D eigenvalue weighted by molar-refractivity contribution is -0.114. The molecule has 0 aliphatic heterocycles. The second-order valence-electron chi connectivity index (χ2n) is 5.28. The number of aliphatic hydroxyl groups excluding tert-OH is 1. The number of nitrogens with one attached hydrogen (secondary N) is 2. The maximum absolute atomic E-state index is 10.9. The monoisotopic (exact) mass is 251 g/mol. The molecule has 0 saturated carbocycles. The van der Waals surface area contributed by atoms with Gasteiger partial charge in [0.2, 0.25) is 5.91 Å². The van der Waals surface area contributed by atoms with Crippen molar-refractivity contribution < 1.29 is 9.90 Å². The lowest BCUT2D eigenvalue weighted by Gasteiger charge is -2.22. The van der Waals surface area contributed by atoms with Crippen LogP contribution in [0.25, 0.3) is 0 Å². The van der Waals surface area contributed by atoms with E-state index in [1.807, 2.05) is 20.8 Å². The van der Waals surface area contributed by atoms with Gasteiger partial charge in [0, 0.05) is 19.0 Å². The number of anilines is 1. The molecule has 18 heavy (non-hydrogen) atoms. The maximum Gasteiger partial charge on any atom is 0.222 e. The highest BCUT2D eigenvalue weighted by atomic mass is 16.3. The highest BCUT2D eigenvalue weighted by molar-refractivity contribution is 5.87. The van der Waals surface area contributed by atoms with Crippen molar-refractivity contribution in [2.24, 2.45) is 0 Å². The van der Waals surface area contributed by atoms with E-state index in [0.717, 1.165) is 0 Å². The topological polar surface area (TPSA) is 74.2 Å². The second-order valence-corrected chi connectivity index (χ2v) is 5.28. The van der Waals surface area contributed by atoms with Crippen molar-refractivity contribution in [3.63, 3.8) is 0 Å². The highest BCUT2D eigenvalue weighted by Crippen LogP contribution is 2.13. The van der Waals surface area contributed by atoms with Crippen LogP contribution in [0.15, 0.2) is 18.2 Å². The summed E-state index contributed by atoms with van der Waals surface area (Å²) in [7, 11) is 0. The van der Waals surface area contributed by atoms with E-state index in [1.165, 1.54) is 6.92 Å². The Morgan fingerprint density at radius 1 is 1.44 bits per heavy atom. The van der Waals surface area contributed by atoms with Crippen LogP contribution in [0.1, 0.15) is 39.5 Å². The summed E-state index contributed by atoms with van der Waals surface area (Å²) in [6.45, 7) is 7.93. The van der Waals surface area contributed by atoms with Crippen LogP contribution in [0.5, 0.6) is 0 Å². The van der Waals surface area contributed by atoms with E-state index in [2.05, 4.69) is 15.6 Å². The number of β-amino-alcohol motifs (C(OH)–C–C–N with tert-alkyl or cyclic N) is 1. The molecule has 5 heteroatoms.